The molecule has 1 aromatic heterocycles. The summed E-state index contributed by atoms with van der Waals surface area (Å²) in [5.74, 6) is -2.59. The second kappa shape index (κ2) is 12.9. The predicted molar refractivity (Wildman–Crippen MR) is 165 cm³/mol. The molecule has 0 aliphatic carbocycles. The number of piperazine rings is 1. The molecular weight excluding hydrogens is 570 g/mol. The van der Waals surface area contributed by atoms with Crippen molar-refractivity contribution < 1.29 is 24.6 Å². The number of aromatic hydroxyl groups is 1. The molecule has 2 heterocycles. The fourth-order valence-corrected chi connectivity index (χ4v) is 5.14. The third-order valence-corrected chi connectivity index (χ3v) is 7.75. The molecule has 0 radical (unpaired) electrons. The average molecular weight is 608 g/mol. The molecule has 0 saturated carbocycles. The van der Waals surface area contributed by atoms with Crippen LogP contribution in [0.1, 0.15) is 35.3 Å². The van der Waals surface area contributed by atoms with Gasteiger partial charge in [-0.05, 0) is 24.1 Å². The zero-order chi connectivity index (χ0) is 32.3. The van der Waals surface area contributed by atoms with E-state index in [1.165, 1.54) is 46.8 Å². The van der Waals surface area contributed by atoms with Crippen LogP contribution in [0, 0.1) is 0 Å². The van der Waals surface area contributed by atoms with Crippen LogP contribution in [0.15, 0.2) is 58.1 Å². The Bertz CT molecular complexity index is 1680. The molecule has 1 aliphatic heterocycles. The highest BCUT2D eigenvalue weighted by Crippen LogP contribution is 2.33. The molecule has 2 atom stereocenters. The van der Waals surface area contributed by atoms with Crippen molar-refractivity contribution in [3.05, 3.63) is 80.4 Å². The number of nitrogens with one attached hydrogen (secondary N) is 2. The summed E-state index contributed by atoms with van der Waals surface area (Å²) in [6.45, 7) is 1.73. The van der Waals surface area contributed by atoms with Gasteiger partial charge in [0.15, 0.2) is 5.75 Å². The van der Waals surface area contributed by atoms with Crippen molar-refractivity contribution in [3.8, 4) is 5.75 Å². The summed E-state index contributed by atoms with van der Waals surface area (Å²) in [5.41, 5.74) is -0.560. The van der Waals surface area contributed by atoms with Gasteiger partial charge in [-0.1, -0.05) is 43.3 Å². The number of phenols is 1. The van der Waals surface area contributed by atoms with E-state index >= 15 is 0 Å². The number of phenolic OH excluding ortho intramolecular Hbond substituents is 1. The van der Waals surface area contributed by atoms with Gasteiger partial charge in [0.2, 0.25) is 0 Å². The zero-order valence-corrected chi connectivity index (χ0v) is 25.3. The number of carboxylic acids is 1. The Kier molecular flexibility index (Phi) is 9.31. The Morgan fingerprint density at radius 2 is 1.59 bits per heavy atom. The number of carbonyl (C=O) groups excluding carboxylic acids is 2. The molecule has 2 aromatic carbocycles. The van der Waals surface area contributed by atoms with E-state index in [-0.39, 0.29) is 54.3 Å². The number of aromatic nitrogens is 2. The fourth-order valence-electron chi connectivity index (χ4n) is 5.14. The van der Waals surface area contributed by atoms with E-state index in [4.69, 9.17) is 0 Å². The second-order valence-electron chi connectivity index (χ2n) is 10.7. The Balaban J connectivity index is 1.70. The Morgan fingerprint density at radius 3 is 2.18 bits per heavy atom. The van der Waals surface area contributed by atoms with Crippen molar-refractivity contribution in [2.24, 2.45) is 14.1 Å². The smallest absolute Gasteiger partial charge is 0.328 e. The molecule has 1 fully saturated rings. The molecule has 14 heteroatoms. The van der Waals surface area contributed by atoms with E-state index in [1.54, 1.807) is 14.1 Å². The van der Waals surface area contributed by atoms with E-state index < -0.39 is 34.8 Å². The van der Waals surface area contributed by atoms with Gasteiger partial charge < -0.3 is 35.5 Å². The number of urea groups is 1. The lowest BCUT2D eigenvalue weighted by molar-refractivity contribution is -0.144. The van der Waals surface area contributed by atoms with E-state index in [0.29, 0.717) is 6.42 Å². The maximum absolute atomic E-state index is 13.6. The highest BCUT2D eigenvalue weighted by molar-refractivity contribution is 6.01. The maximum Gasteiger partial charge on any atom is 0.328 e. The highest BCUT2D eigenvalue weighted by atomic mass is 16.4. The second-order valence-corrected chi connectivity index (χ2v) is 10.7. The summed E-state index contributed by atoms with van der Waals surface area (Å²) >= 11 is 0. The van der Waals surface area contributed by atoms with Crippen molar-refractivity contribution in [2.45, 2.75) is 25.4 Å². The number of nitrogens with zero attached hydrogens (tertiary/aromatic N) is 5. The summed E-state index contributed by atoms with van der Waals surface area (Å²) in [6, 6.07) is 11.6. The molecule has 4 N–H and O–H groups in total. The third-order valence-electron chi connectivity index (χ3n) is 7.75. The van der Waals surface area contributed by atoms with Crippen LogP contribution < -0.4 is 21.8 Å². The number of amides is 3. The summed E-state index contributed by atoms with van der Waals surface area (Å²) < 4.78 is 2.29. The van der Waals surface area contributed by atoms with Crippen molar-refractivity contribution >= 4 is 35.0 Å². The van der Waals surface area contributed by atoms with Gasteiger partial charge in [0.1, 0.15) is 17.4 Å². The van der Waals surface area contributed by atoms with Crippen LogP contribution in [0.2, 0.25) is 0 Å². The number of carbonyl (C=O) groups is 3. The van der Waals surface area contributed by atoms with E-state index in [1.807, 2.05) is 37.3 Å². The first kappa shape index (κ1) is 31.7. The molecule has 0 bridgehead atoms. The SMILES string of the molecule is CCC(Nc1c(Nc2cccc(C(=O)N3CCN(C(=O)N(C)C)CC3C(=O)O)c2O)c(=O)n(C)n(C)c1=O)c1ccccc1. The summed E-state index contributed by atoms with van der Waals surface area (Å²) in [6.07, 6.45) is 0.592. The van der Waals surface area contributed by atoms with Gasteiger partial charge >= 0.3 is 12.0 Å². The summed E-state index contributed by atoms with van der Waals surface area (Å²) in [7, 11) is 5.99. The first-order chi connectivity index (χ1) is 20.9. The predicted octanol–water partition coefficient (Wildman–Crippen LogP) is 1.99. The lowest BCUT2D eigenvalue weighted by atomic mass is 10.0. The lowest BCUT2D eigenvalue weighted by Crippen LogP contribution is -2.60. The molecule has 3 aromatic rings. The van der Waals surface area contributed by atoms with Crippen LogP contribution in [-0.2, 0) is 18.9 Å². The summed E-state index contributed by atoms with van der Waals surface area (Å²) in [5, 5.41) is 27.2. The number of para-hydroxylation sites is 1. The van der Waals surface area contributed by atoms with E-state index in [0.717, 1.165) is 15.1 Å². The number of anilines is 3. The molecule has 2 unspecified atom stereocenters. The minimum Gasteiger partial charge on any atom is -0.505 e. The van der Waals surface area contributed by atoms with Crippen LogP contribution in [0.3, 0.4) is 0 Å². The van der Waals surface area contributed by atoms with Crippen LogP contribution in [0.5, 0.6) is 5.75 Å². The lowest BCUT2D eigenvalue weighted by Gasteiger charge is -2.40. The molecule has 1 saturated heterocycles. The van der Waals surface area contributed by atoms with Crippen LogP contribution in [-0.4, -0.2) is 92.0 Å². The maximum atomic E-state index is 13.6. The van der Waals surface area contributed by atoms with Crippen LogP contribution in [0.4, 0.5) is 21.9 Å². The molecule has 234 valence electrons. The largest absolute Gasteiger partial charge is 0.505 e. The normalized spacial score (nSPS) is 15.4. The molecule has 44 heavy (non-hydrogen) atoms. The molecule has 4 rings (SSSR count). The number of rotatable bonds is 8. The monoisotopic (exact) mass is 607 g/mol. The standard InChI is InChI=1S/C30H37N7O7/c1-6-20(18-11-8-7-9-12-18)31-23-24(28(41)35(5)34(4)27(23)40)32-21-14-10-13-19(25(21)38)26(39)37-16-15-36(30(44)33(2)3)17-22(37)29(42)43/h7-14,20,22,31-32,38H,6,15-17H2,1-5H3,(H,42,43). The average Bonchev–Trinajstić information content (AvgIpc) is 3.02. The molecule has 3 amide bonds. The van der Waals surface area contributed by atoms with Crippen molar-refractivity contribution in [1.29, 1.82) is 0 Å². The Labute approximate surface area is 253 Å². The van der Waals surface area contributed by atoms with E-state index in [2.05, 4.69) is 10.6 Å². The number of aliphatic carboxylic acids is 1. The van der Waals surface area contributed by atoms with Gasteiger partial charge in [0, 0.05) is 41.3 Å². The van der Waals surface area contributed by atoms with Gasteiger partial charge in [0.05, 0.1) is 23.8 Å². The fraction of sp³-hybridized carbons (Fsp3) is 0.367. The Morgan fingerprint density at radius 1 is 0.955 bits per heavy atom. The zero-order valence-electron chi connectivity index (χ0n) is 25.3. The first-order valence-electron chi connectivity index (χ1n) is 14.1. The van der Waals surface area contributed by atoms with Gasteiger partial charge in [-0.15, -0.1) is 0 Å². The molecule has 1 aliphatic rings. The van der Waals surface area contributed by atoms with E-state index in [9.17, 15) is 34.2 Å². The van der Waals surface area contributed by atoms with Crippen molar-refractivity contribution in [3.63, 3.8) is 0 Å². The quantitative estimate of drug-likeness (QED) is 0.280. The third kappa shape index (κ3) is 6.09. The molecule has 0 spiro atoms. The minimum absolute atomic E-state index is 0.0185. The molecular formula is C30H37N7O7. The van der Waals surface area contributed by atoms with Crippen molar-refractivity contribution in [1.82, 2.24) is 24.1 Å². The van der Waals surface area contributed by atoms with Gasteiger partial charge in [-0.2, -0.15) is 0 Å². The summed E-state index contributed by atoms with van der Waals surface area (Å²) in [4.78, 5) is 68.8. The van der Waals surface area contributed by atoms with Gasteiger partial charge in [-0.3, -0.25) is 14.4 Å². The topological polar surface area (TPSA) is 169 Å². The molecule has 14 nitrogen and oxygen atoms in total. The van der Waals surface area contributed by atoms with Crippen LogP contribution in [0.25, 0.3) is 0 Å². The Hall–Kier alpha value is -5.27. The van der Waals surface area contributed by atoms with Gasteiger partial charge in [-0.25, -0.2) is 19.0 Å². The number of hydrogen-bond donors (Lipinski definition) is 4. The number of hydrogen-bond acceptors (Lipinski definition) is 8. The van der Waals surface area contributed by atoms with Crippen LogP contribution >= 0.6 is 0 Å². The number of benzene rings is 2. The first-order valence-corrected chi connectivity index (χ1v) is 14.1. The van der Waals surface area contributed by atoms with Crippen molar-refractivity contribution in [2.75, 3.05) is 44.4 Å². The van der Waals surface area contributed by atoms with Gasteiger partial charge in [0.25, 0.3) is 17.0 Å². The highest BCUT2D eigenvalue weighted by Gasteiger charge is 2.38. The minimum atomic E-state index is -1.35. The number of carboxylic acid groups (broad SMARTS) is 1.